The Labute approximate surface area is 97.0 Å². The van der Waals surface area contributed by atoms with Gasteiger partial charge in [-0.05, 0) is 11.6 Å². The Morgan fingerprint density at radius 3 is 1.71 bits per heavy atom. The van der Waals surface area contributed by atoms with Crippen molar-refractivity contribution in [2.45, 2.75) is 17.1 Å². The van der Waals surface area contributed by atoms with Crippen LogP contribution in [0.5, 0.6) is 0 Å². The fraction of sp³-hybridized carbons (Fsp3) is 1.00. The van der Waals surface area contributed by atoms with Crippen molar-refractivity contribution >= 4 is 23.2 Å². The number of hydrogen-bond acceptors (Lipinski definition) is 1. The third-order valence-corrected chi connectivity index (χ3v) is 3.70. The second-order valence-corrected chi connectivity index (χ2v) is 6.60. The molecule has 0 aliphatic rings. The van der Waals surface area contributed by atoms with Crippen molar-refractivity contribution in [3.05, 3.63) is 0 Å². The van der Waals surface area contributed by atoms with Crippen LogP contribution in [0.3, 0.4) is 0 Å². The fourth-order valence-electron chi connectivity index (χ4n) is 0.762. The van der Waals surface area contributed by atoms with Crippen LogP contribution in [-0.2, 0) is 0 Å². The third-order valence-electron chi connectivity index (χ3n) is 2.30. The van der Waals surface area contributed by atoms with E-state index < -0.39 is 5.18 Å². The Kier molecular flexibility index (Phi) is 4.28. The molecular formula is C9H22Cl2N2O+2. The minimum atomic E-state index is -1.32. The molecule has 0 aliphatic heterocycles. The monoisotopic (exact) mass is 244 g/mol. The molecule has 0 aromatic heterocycles. The zero-order valence-electron chi connectivity index (χ0n) is 9.88. The summed E-state index contributed by atoms with van der Waals surface area (Å²) in [6.07, 6.45) is 0.336. The zero-order valence-corrected chi connectivity index (χ0v) is 11.4. The van der Waals surface area contributed by atoms with E-state index in [1.54, 1.807) is 0 Å². The molecule has 0 aromatic carbocycles. The second-order valence-electron chi connectivity index (χ2n) is 5.49. The molecule has 1 N–H and O–H groups in total. The van der Waals surface area contributed by atoms with E-state index in [9.17, 15) is 5.11 Å². The van der Waals surface area contributed by atoms with Crippen molar-refractivity contribution in [2.24, 2.45) is 0 Å². The molecule has 0 spiro atoms. The Bertz CT molecular complexity index is 194. The second kappa shape index (κ2) is 4.14. The van der Waals surface area contributed by atoms with Crippen molar-refractivity contribution in [1.29, 1.82) is 0 Å². The first-order chi connectivity index (χ1) is 5.88. The zero-order chi connectivity index (χ0) is 11.8. The molecule has 0 aliphatic carbocycles. The van der Waals surface area contributed by atoms with Crippen LogP contribution >= 0.6 is 23.2 Å². The van der Waals surface area contributed by atoms with Gasteiger partial charge in [-0.15, -0.1) is 0 Å². The SMILES string of the molecule is C[N+](C)(C)C(Cl)CC(O)(Cl)[N+](C)(C)C. The predicted octanol–water partition coefficient (Wildman–Crippen LogP) is 1.24. The number of halogens is 2. The quantitative estimate of drug-likeness (QED) is 0.342. The number of aliphatic hydroxyl groups is 1. The highest BCUT2D eigenvalue weighted by Crippen LogP contribution is 2.30. The average Bonchev–Trinajstić information content (AvgIpc) is 1.80. The number of rotatable bonds is 4. The standard InChI is InChI=1S/C9H22Cl2N2O/c1-12(2,3)8(10)7-9(11,14)13(4,5)6/h8,14H,7H2,1-6H3/q+2. The highest BCUT2D eigenvalue weighted by molar-refractivity contribution is 6.23. The topological polar surface area (TPSA) is 20.2 Å². The molecule has 0 rings (SSSR count). The maximum Gasteiger partial charge on any atom is 0.287 e. The maximum absolute atomic E-state index is 10.0. The Balaban J connectivity index is 4.53. The summed E-state index contributed by atoms with van der Waals surface area (Å²) in [6.45, 7) is 0. The van der Waals surface area contributed by atoms with Gasteiger partial charge in [0, 0.05) is 0 Å². The van der Waals surface area contributed by atoms with Crippen LogP contribution in [0.15, 0.2) is 0 Å². The summed E-state index contributed by atoms with van der Waals surface area (Å²) < 4.78 is 0.828. The summed E-state index contributed by atoms with van der Waals surface area (Å²) in [4.78, 5) is 0. The first kappa shape index (κ1) is 14.5. The summed E-state index contributed by atoms with van der Waals surface area (Å²) >= 11 is 12.2. The van der Waals surface area contributed by atoms with Gasteiger partial charge in [0.05, 0.1) is 42.3 Å². The lowest BCUT2D eigenvalue weighted by molar-refractivity contribution is -0.943. The predicted molar refractivity (Wildman–Crippen MR) is 61.1 cm³/mol. The van der Waals surface area contributed by atoms with E-state index in [-0.39, 0.29) is 9.98 Å². The van der Waals surface area contributed by atoms with E-state index in [4.69, 9.17) is 23.2 Å². The van der Waals surface area contributed by atoms with E-state index in [1.165, 1.54) is 0 Å². The van der Waals surface area contributed by atoms with Gasteiger partial charge in [0.1, 0.15) is 6.42 Å². The van der Waals surface area contributed by atoms with Gasteiger partial charge < -0.3 is 9.59 Å². The molecule has 0 saturated heterocycles. The van der Waals surface area contributed by atoms with Gasteiger partial charge in [-0.25, -0.2) is 0 Å². The van der Waals surface area contributed by atoms with Gasteiger partial charge in [-0.1, -0.05) is 11.6 Å². The van der Waals surface area contributed by atoms with Crippen LogP contribution in [0.25, 0.3) is 0 Å². The Hall–Kier alpha value is 0.460. The van der Waals surface area contributed by atoms with Crippen molar-refractivity contribution in [1.82, 2.24) is 0 Å². The van der Waals surface area contributed by atoms with E-state index in [0.717, 1.165) is 0 Å². The average molecular weight is 245 g/mol. The largest absolute Gasteiger partial charge is 0.329 e. The summed E-state index contributed by atoms with van der Waals surface area (Å²) in [5, 5.41) is 8.71. The van der Waals surface area contributed by atoms with Gasteiger partial charge in [0.2, 0.25) is 0 Å². The lowest BCUT2D eigenvalue weighted by atomic mass is 10.3. The van der Waals surface area contributed by atoms with Crippen LogP contribution in [0.1, 0.15) is 6.42 Å². The number of quaternary nitrogens is 2. The van der Waals surface area contributed by atoms with E-state index in [1.807, 2.05) is 42.3 Å². The number of hydrogen-bond donors (Lipinski definition) is 1. The number of nitrogens with zero attached hydrogens (tertiary/aromatic N) is 2. The molecule has 0 saturated carbocycles. The van der Waals surface area contributed by atoms with E-state index in [2.05, 4.69) is 0 Å². The Morgan fingerprint density at radius 1 is 1.14 bits per heavy atom. The van der Waals surface area contributed by atoms with Crippen LogP contribution in [0.4, 0.5) is 0 Å². The molecular weight excluding hydrogens is 223 g/mol. The molecule has 0 heterocycles. The molecule has 0 amide bonds. The molecule has 0 radical (unpaired) electrons. The van der Waals surface area contributed by atoms with Crippen molar-refractivity contribution in [3.8, 4) is 0 Å². The summed E-state index contributed by atoms with van der Waals surface area (Å²) in [5.74, 6) is 0. The van der Waals surface area contributed by atoms with Gasteiger partial charge >= 0.3 is 0 Å². The molecule has 0 aromatic rings. The van der Waals surface area contributed by atoms with Crippen molar-refractivity contribution in [3.63, 3.8) is 0 Å². The van der Waals surface area contributed by atoms with E-state index in [0.29, 0.717) is 10.9 Å². The maximum atomic E-state index is 10.0. The van der Waals surface area contributed by atoms with Gasteiger partial charge in [0.15, 0.2) is 5.50 Å². The van der Waals surface area contributed by atoms with Gasteiger partial charge in [0.25, 0.3) is 5.18 Å². The van der Waals surface area contributed by atoms with Crippen LogP contribution in [0, 0.1) is 0 Å². The first-order valence-electron chi connectivity index (χ1n) is 4.56. The molecule has 14 heavy (non-hydrogen) atoms. The van der Waals surface area contributed by atoms with Gasteiger partial charge in [-0.2, -0.15) is 0 Å². The molecule has 0 fully saturated rings. The van der Waals surface area contributed by atoms with Crippen LogP contribution in [-0.4, -0.2) is 67.0 Å². The number of alkyl halides is 2. The van der Waals surface area contributed by atoms with Gasteiger partial charge in [-0.3, -0.25) is 4.48 Å². The first-order valence-corrected chi connectivity index (χ1v) is 5.37. The highest BCUT2D eigenvalue weighted by Gasteiger charge is 2.44. The van der Waals surface area contributed by atoms with Crippen molar-refractivity contribution in [2.75, 3.05) is 42.3 Å². The molecule has 2 atom stereocenters. The summed E-state index contributed by atoms with van der Waals surface area (Å²) in [6, 6.07) is 0. The summed E-state index contributed by atoms with van der Waals surface area (Å²) in [5.41, 5.74) is -0.213. The smallest absolute Gasteiger partial charge is 0.287 e. The highest BCUT2D eigenvalue weighted by atomic mass is 35.5. The lowest BCUT2D eigenvalue weighted by Gasteiger charge is -2.40. The molecule has 0 bridgehead atoms. The minimum absolute atomic E-state index is 0.213. The molecule has 5 heteroatoms. The lowest BCUT2D eigenvalue weighted by Crippen LogP contribution is -2.57. The fourth-order valence-corrected chi connectivity index (χ4v) is 1.20. The molecule has 3 nitrogen and oxygen atoms in total. The van der Waals surface area contributed by atoms with Crippen LogP contribution in [0.2, 0.25) is 0 Å². The third kappa shape index (κ3) is 3.91. The molecule has 2 unspecified atom stereocenters. The Morgan fingerprint density at radius 2 is 1.50 bits per heavy atom. The van der Waals surface area contributed by atoms with E-state index >= 15 is 0 Å². The minimum Gasteiger partial charge on any atom is -0.329 e. The summed E-state index contributed by atoms with van der Waals surface area (Å²) in [7, 11) is 11.4. The normalized spacial score (nSPS) is 20.4. The van der Waals surface area contributed by atoms with Crippen LogP contribution < -0.4 is 0 Å². The van der Waals surface area contributed by atoms with Crippen molar-refractivity contribution < 1.29 is 14.1 Å². The molecule has 86 valence electrons.